The molecule has 0 aromatic heterocycles. The summed E-state index contributed by atoms with van der Waals surface area (Å²) in [5.74, 6) is -1.25. The van der Waals surface area contributed by atoms with Gasteiger partial charge in [0.25, 0.3) is 0 Å². The van der Waals surface area contributed by atoms with Crippen LogP contribution in [0.25, 0.3) is 0 Å². The number of nitrogens with one attached hydrogen (secondary N) is 2. The van der Waals surface area contributed by atoms with Gasteiger partial charge in [0.2, 0.25) is 11.8 Å². The number of cyclic esters (lactones) is 1. The molecule has 1 aliphatic heterocycles. The second-order valence-electron chi connectivity index (χ2n) is 6.55. The van der Waals surface area contributed by atoms with Gasteiger partial charge in [-0.2, -0.15) is 0 Å². The van der Waals surface area contributed by atoms with E-state index in [9.17, 15) is 14.4 Å². The summed E-state index contributed by atoms with van der Waals surface area (Å²) in [5, 5.41) is 14.4. The van der Waals surface area contributed by atoms with Gasteiger partial charge in [0.05, 0.1) is 19.1 Å². The fourth-order valence-electron chi connectivity index (χ4n) is 2.51. The van der Waals surface area contributed by atoms with Gasteiger partial charge in [0, 0.05) is 18.9 Å². The second kappa shape index (κ2) is 11.6. The predicted molar refractivity (Wildman–Crippen MR) is 93.6 cm³/mol. The summed E-state index contributed by atoms with van der Waals surface area (Å²) < 4.78 is 5.25. The highest BCUT2D eigenvalue weighted by atomic mass is 16.5. The normalized spacial score (nSPS) is 24.6. The van der Waals surface area contributed by atoms with E-state index in [1.807, 2.05) is 12.2 Å². The summed E-state index contributed by atoms with van der Waals surface area (Å²) in [6.45, 7) is 3.50. The van der Waals surface area contributed by atoms with Crippen LogP contribution in [0.3, 0.4) is 0 Å². The van der Waals surface area contributed by atoms with E-state index < -0.39 is 12.0 Å². The maximum absolute atomic E-state index is 12.4. The highest BCUT2D eigenvalue weighted by Gasteiger charge is 2.22. The molecule has 0 aliphatic carbocycles. The third-order valence-electron chi connectivity index (χ3n) is 3.97. The van der Waals surface area contributed by atoms with Crippen LogP contribution in [0.4, 0.5) is 0 Å². The van der Waals surface area contributed by atoms with Crippen molar-refractivity contribution in [2.75, 3.05) is 13.2 Å². The lowest BCUT2D eigenvalue weighted by molar-refractivity contribution is -0.148. The van der Waals surface area contributed by atoms with E-state index >= 15 is 0 Å². The van der Waals surface area contributed by atoms with E-state index in [-0.39, 0.29) is 43.4 Å². The highest BCUT2D eigenvalue weighted by Crippen LogP contribution is 2.13. The molecule has 142 valence electrons. The van der Waals surface area contributed by atoms with Gasteiger partial charge in [-0.15, -0.1) is 0 Å². The first kappa shape index (κ1) is 21.2. The Bertz CT molecular complexity index is 478. The lowest BCUT2D eigenvalue weighted by atomic mass is 9.98. The minimum absolute atomic E-state index is 0.0503. The zero-order valence-electron chi connectivity index (χ0n) is 15.1. The maximum atomic E-state index is 12.4. The summed E-state index contributed by atoms with van der Waals surface area (Å²) >= 11 is 0. The monoisotopic (exact) mass is 354 g/mol. The summed E-state index contributed by atoms with van der Waals surface area (Å²) in [4.78, 5) is 36.1. The molecule has 0 aromatic rings. The molecular formula is C18H30N2O5. The average Bonchev–Trinajstić information content (AvgIpc) is 2.56. The minimum Gasteiger partial charge on any atom is -0.461 e. The van der Waals surface area contributed by atoms with Gasteiger partial charge >= 0.3 is 5.97 Å². The molecule has 25 heavy (non-hydrogen) atoms. The lowest BCUT2D eigenvalue weighted by Crippen LogP contribution is -2.41. The fraction of sp³-hybridized carbons (Fsp3) is 0.722. The predicted octanol–water partition coefficient (Wildman–Crippen LogP) is 1.06. The van der Waals surface area contributed by atoms with Crippen LogP contribution in [-0.4, -0.2) is 48.2 Å². The zero-order valence-corrected chi connectivity index (χ0v) is 15.1. The average molecular weight is 354 g/mol. The van der Waals surface area contributed by atoms with Gasteiger partial charge in [-0.25, -0.2) is 0 Å². The van der Waals surface area contributed by atoms with Crippen molar-refractivity contribution in [1.82, 2.24) is 10.6 Å². The largest absolute Gasteiger partial charge is 0.461 e. The Labute approximate surface area is 149 Å². The fourth-order valence-corrected chi connectivity index (χ4v) is 2.51. The molecule has 2 amide bonds. The number of aliphatic hydroxyl groups is 1. The Kier molecular flexibility index (Phi) is 9.84. The minimum atomic E-state index is -0.493. The molecular weight excluding hydrogens is 324 g/mol. The molecule has 1 heterocycles. The highest BCUT2D eigenvalue weighted by molar-refractivity contribution is 5.86. The third-order valence-corrected chi connectivity index (χ3v) is 3.97. The van der Waals surface area contributed by atoms with Crippen LogP contribution in [0.1, 0.15) is 52.4 Å². The van der Waals surface area contributed by atoms with Gasteiger partial charge in [-0.05, 0) is 39.5 Å². The molecule has 3 atom stereocenters. The van der Waals surface area contributed by atoms with Crippen LogP contribution >= 0.6 is 0 Å². The van der Waals surface area contributed by atoms with Crippen LogP contribution in [0, 0.1) is 5.92 Å². The Balaban J connectivity index is 2.68. The van der Waals surface area contributed by atoms with Crippen molar-refractivity contribution in [3.8, 4) is 0 Å². The van der Waals surface area contributed by atoms with E-state index in [2.05, 4.69) is 10.6 Å². The molecule has 7 heteroatoms. The molecule has 0 saturated heterocycles. The number of hydrogen-bond acceptors (Lipinski definition) is 5. The molecule has 0 fully saturated rings. The Morgan fingerprint density at radius 3 is 2.88 bits per heavy atom. The lowest BCUT2D eigenvalue weighted by Gasteiger charge is -2.19. The Hall–Kier alpha value is -1.89. The Morgan fingerprint density at radius 1 is 1.40 bits per heavy atom. The second-order valence-corrected chi connectivity index (χ2v) is 6.55. The van der Waals surface area contributed by atoms with E-state index in [0.717, 1.165) is 19.3 Å². The van der Waals surface area contributed by atoms with Crippen LogP contribution in [0.2, 0.25) is 0 Å². The number of rotatable bonds is 4. The maximum Gasteiger partial charge on any atom is 0.306 e. The van der Waals surface area contributed by atoms with Gasteiger partial charge in [-0.1, -0.05) is 12.2 Å². The van der Waals surface area contributed by atoms with Crippen molar-refractivity contribution in [3.05, 3.63) is 12.2 Å². The van der Waals surface area contributed by atoms with Crippen LogP contribution in [0.5, 0.6) is 0 Å². The summed E-state index contributed by atoms with van der Waals surface area (Å²) in [7, 11) is 0. The van der Waals surface area contributed by atoms with E-state index in [4.69, 9.17) is 9.84 Å². The third kappa shape index (κ3) is 9.24. The molecule has 0 saturated carbocycles. The molecule has 3 N–H and O–H groups in total. The molecule has 7 nitrogen and oxygen atoms in total. The number of esters is 1. The van der Waals surface area contributed by atoms with Crippen LogP contribution in [0.15, 0.2) is 12.2 Å². The number of carbonyl (C=O) groups excluding carboxylic acids is 3. The molecule has 1 aliphatic rings. The van der Waals surface area contributed by atoms with Gasteiger partial charge < -0.3 is 20.5 Å². The van der Waals surface area contributed by atoms with Crippen molar-refractivity contribution < 1.29 is 24.2 Å². The van der Waals surface area contributed by atoms with Gasteiger partial charge in [0.15, 0.2) is 0 Å². The standard InChI is InChI=1S/C18H30N2O5/c1-13(12-21)20-16(22)10-15-8-6-4-3-5-7-9-17(23)25-14(2)11-19-18(15)24/h4,6,13-15,21H,3,5,7-12H2,1-2H3,(H,19,24)(H,20,22)/t13-,14-,15+/m0/s1. The molecule has 0 aromatic carbocycles. The zero-order chi connectivity index (χ0) is 18.7. The first-order valence-corrected chi connectivity index (χ1v) is 8.94. The van der Waals surface area contributed by atoms with E-state index in [1.54, 1.807) is 13.8 Å². The number of allylic oxidation sites excluding steroid dienone is 2. The van der Waals surface area contributed by atoms with Crippen LogP contribution < -0.4 is 10.6 Å². The van der Waals surface area contributed by atoms with Crippen molar-refractivity contribution in [3.63, 3.8) is 0 Å². The van der Waals surface area contributed by atoms with E-state index in [0.29, 0.717) is 12.8 Å². The quantitative estimate of drug-likeness (QED) is 0.517. The number of hydrogen-bond donors (Lipinski definition) is 3. The Morgan fingerprint density at radius 2 is 2.16 bits per heavy atom. The van der Waals surface area contributed by atoms with Crippen LogP contribution in [-0.2, 0) is 19.1 Å². The number of ether oxygens (including phenoxy) is 1. The summed E-state index contributed by atoms with van der Waals surface area (Å²) in [5.41, 5.74) is 0. The first-order valence-electron chi connectivity index (χ1n) is 8.94. The molecule has 0 bridgehead atoms. The summed E-state index contributed by atoms with van der Waals surface area (Å²) in [6.07, 6.45) is 6.88. The molecule has 0 unspecified atom stereocenters. The smallest absolute Gasteiger partial charge is 0.306 e. The molecule has 0 radical (unpaired) electrons. The SMILES string of the molecule is C[C@@H](CO)NC(=O)C[C@H]1CC=CCCCCC(=O)O[C@@H](C)CNC1=O. The number of carbonyl (C=O) groups is 3. The van der Waals surface area contributed by atoms with Crippen molar-refractivity contribution in [2.24, 2.45) is 5.92 Å². The van der Waals surface area contributed by atoms with Gasteiger partial charge in [-0.3, -0.25) is 14.4 Å². The van der Waals surface area contributed by atoms with Crippen molar-refractivity contribution in [1.29, 1.82) is 0 Å². The number of aliphatic hydroxyl groups excluding tert-OH is 1. The van der Waals surface area contributed by atoms with Gasteiger partial charge in [0.1, 0.15) is 6.10 Å². The first-order chi connectivity index (χ1) is 11.9. The molecule has 1 rings (SSSR count). The summed E-state index contributed by atoms with van der Waals surface area (Å²) in [6, 6.07) is -0.343. The molecule has 0 spiro atoms. The van der Waals surface area contributed by atoms with Crippen molar-refractivity contribution >= 4 is 17.8 Å². The van der Waals surface area contributed by atoms with E-state index in [1.165, 1.54) is 0 Å². The van der Waals surface area contributed by atoms with Crippen molar-refractivity contribution in [2.45, 2.75) is 64.5 Å². The topological polar surface area (TPSA) is 105 Å². The number of amides is 2.